The predicted molar refractivity (Wildman–Crippen MR) is 94.6 cm³/mol. The Balaban J connectivity index is 1.49. The number of fused-ring (bicyclic) bond motifs is 1. The lowest BCUT2D eigenvalue weighted by Crippen LogP contribution is -3.07. The summed E-state index contributed by atoms with van der Waals surface area (Å²) in [7, 11) is 2.11. The Hall–Kier alpha value is -3.06. The molecule has 7 nitrogen and oxygen atoms in total. The molecule has 2 heterocycles. The van der Waals surface area contributed by atoms with E-state index in [1.165, 1.54) is 16.8 Å². The van der Waals surface area contributed by atoms with Gasteiger partial charge in [0, 0.05) is 11.6 Å². The lowest BCUT2D eigenvalue weighted by molar-refractivity contribution is -0.924. The highest BCUT2D eigenvalue weighted by Crippen LogP contribution is 2.37. The van der Waals surface area contributed by atoms with Crippen LogP contribution in [0, 0.1) is 0 Å². The molecule has 0 amide bonds. The molecule has 0 radical (unpaired) electrons. The Morgan fingerprint density at radius 2 is 1.92 bits per heavy atom. The highest BCUT2D eigenvalue weighted by Gasteiger charge is 2.21. The molecule has 4 rings (SSSR count). The molecule has 0 bridgehead atoms. The van der Waals surface area contributed by atoms with E-state index in [4.69, 9.17) is 9.47 Å². The Morgan fingerprint density at radius 1 is 1.19 bits per heavy atom. The molecule has 1 unspecified atom stereocenters. The molecule has 1 aromatic heterocycles. The summed E-state index contributed by atoms with van der Waals surface area (Å²) < 4.78 is 12.4. The average Bonchev–Trinajstić information content (AvgIpc) is 3.33. The van der Waals surface area contributed by atoms with Crippen molar-refractivity contribution in [3.05, 3.63) is 60.2 Å². The highest BCUT2D eigenvalue weighted by molar-refractivity contribution is 5.51. The maximum Gasteiger partial charge on any atom is 0.231 e. The van der Waals surface area contributed by atoms with Crippen molar-refractivity contribution in [1.82, 2.24) is 14.8 Å². The van der Waals surface area contributed by atoms with Crippen LogP contribution in [0.3, 0.4) is 0 Å². The van der Waals surface area contributed by atoms with Crippen molar-refractivity contribution in [1.29, 1.82) is 0 Å². The quantitative estimate of drug-likeness (QED) is 0.727. The Bertz CT molecular complexity index is 894. The summed E-state index contributed by atoms with van der Waals surface area (Å²) in [6.45, 7) is 3.05. The number of rotatable bonds is 5. The standard InChI is InChI=1S/C19H20N4O3/c1-13(14-3-5-16(6-4-14)23-11-20-10-21-23)22(2)9-15-7-18-19(8-17(15)24)26-12-25-18/h3-8,10-11,13,24H,9,12H2,1-2H3/p+1/t13-/m1/s1. The molecule has 2 atom stereocenters. The van der Waals surface area contributed by atoms with Gasteiger partial charge in [-0.25, -0.2) is 9.67 Å². The molecule has 0 fully saturated rings. The maximum absolute atomic E-state index is 10.3. The minimum Gasteiger partial charge on any atom is -0.507 e. The Kier molecular flexibility index (Phi) is 4.22. The summed E-state index contributed by atoms with van der Waals surface area (Å²) in [6, 6.07) is 12.0. The lowest BCUT2D eigenvalue weighted by atomic mass is 10.1. The molecule has 0 saturated carbocycles. The van der Waals surface area contributed by atoms with Crippen LogP contribution in [-0.4, -0.2) is 33.7 Å². The first-order chi connectivity index (χ1) is 12.6. The van der Waals surface area contributed by atoms with Gasteiger partial charge in [0.05, 0.1) is 18.3 Å². The van der Waals surface area contributed by atoms with Crippen LogP contribution in [-0.2, 0) is 6.54 Å². The highest BCUT2D eigenvalue weighted by atomic mass is 16.7. The number of ether oxygens (including phenoxy) is 2. The van der Waals surface area contributed by atoms with Gasteiger partial charge in [0.1, 0.15) is 31.0 Å². The fourth-order valence-electron chi connectivity index (χ4n) is 3.11. The normalized spacial score (nSPS) is 15.0. The van der Waals surface area contributed by atoms with Crippen molar-refractivity contribution in [2.75, 3.05) is 13.8 Å². The second kappa shape index (κ2) is 6.68. The summed E-state index contributed by atoms with van der Waals surface area (Å²) in [6.07, 6.45) is 3.20. The van der Waals surface area contributed by atoms with Crippen molar-refractivity contribution in [3.8, 4) is 22.9 Å². The molecule has 1 aliphatic rings. The monoisotopic (exact) mass is 353 g/mol. The number of aromatic nitrogens is 3. The number of phenolic OH excluding ortho intramolecular Hbond substituents is 1. The van der Waals surface area contributed by atoms with Crippen LogP contribution >= 0.6 is 0 Å². The van der Waals surface area contributed by atoms with Crippen LogP contribution < -0.4 is 14.4 Å². The molecule has 0 aliphatic carbocycles. The summed E-state index contributed by atoms with van der Waals surface area (Å²) in [5.74, 6) is 1.53. The third-order valence-electron chi connectivity index (χ3n) is 4.86. The first-order valence-electron chi connectivity index (χ1n) is 8.50. The third kappa shape index (κ3) is 3.09. The molecular weight excluding hydrogens is 332 g/mol. The van der Waals surface area contributed by atoms with Crippen LogP contribution in [0.15, 0.2) is 49.1 Å². The largest absolute Gasteiger partial charge is 0.507 e. The molecule has 26 heavy (non-hydrogen) atoms. The number of hydrogen-bond acceptors (Lipinski definition) is 5. The number of quaternary nitrogens is 1. The maximum atomic E-state index is 10.3. The second-order valence-corrected chi connectivity index (χ2v) is 6.51. The Morgan fingerprint density at radius 3 is 2.62 bits per heavy atom. The van der Waals surface area contributed by atoms with E-state index in [1.807, 2.05) is 18.2 Å². The summed E-state index contributed by atoms with van der Waals surface area (Å²) >= 11 is 0. The topological polar surface area (TPSA) is 73.8 Å². The number of aromatic hydroxyl groups is 1. The van der Waals surface area contributed by atoms with Crippen molar-refractivity contribution >= 4 is 0 Å². The average molecular weight is 353 g/mol. The number of hydrogen-bond donors (Lipinski definition) is 2. The van der Waals surface area contributed by atoms with Gasteiger partial charge in [0.25, 0.3) is 0 Å². The molecule has 2 aromatic carbocycles. The van der Waals surface area contributed by atoms with Gasteiger partial charge in [-0.2, -0.15) is 5.10 Å². The van der Waals surface area contributed by atoms with Gasteiger partial charge in [0.2, 0.25) is 6.79 Å². The van der Waals surface area contributed by atoms with Crippen LogP contribution in [0.2, 0.25) is 0 Å². The van der Waals surface area contributed by atoms with Gasteiger partial charge in [-0.05, 0) is 25.1 Å². The van der Waals surface area contributed by atoms with Crippen LogP contribution in [0.4, 0.5) is 0 Å². The molecule has 3 aromatic rings. The van der Waals surface area contributed by atoms with E-state index in [9.17, 15) is 5.11 Å². The molecule has 0 saturated heterocycles. The van der Waals surface area contributed by atoms with E-state index in [-0.39, 0.29) is 18.6 Å². The van der Waals surface area contributed by atoms with Gasteiger partial charge in [-0.1, -0.05) is 12.1 Å². The smallest absolute Gasteiger partial charge is 0.231 e. The van der Waals surface area contributed by atoms with E-state index < -0.39 is 0 Å². The zero-order chi connectivity index (χ0) is 18.1. The number of benzene rings is 2. The van der Waals surface area contributed by atoms with E-state index in [2.05, 4.69) is 36.2 Å². The van der Waals surface area contributed by atoms with Crippen molar-refractivity contribution in [2.24, 2.45) is 0 Å². The first-order valence-corrected chi connectivity index (χ1v) is 8.50. The van der Waals surface area contributed by atoms with Crippen molar-refractivity contribution < 1.29 is 19.5 Å². The van der Waals surface area contributed by atoms with Gasteiger partial charge >= 0.3 is 0 Å². The second-order valence-electron chi connectivity index (χ2n) is 6.51. The van der Waals surface area contributed by atoms with Gasteiger partial charge in [-0.3, -0.25) is 0 Å². The molecule has 7 heteroatoms. The number of nitrogens with one attached hydrogen (secondary N) is 1. The van der Waals surface area contributed by atoms with Crippen LogP contribution in [0.25, 0.3) is 5.69 Å². The SMILES string of the molecule is C[C@H](c1ccc(-n2cncn2)cc1)[NH+](C)Cc1cc2c(cc1O)OCO2. The summed E-state index contributed by atoms with van der Waals surface area (Å²) in [5, 5.41) is 14.4. The zero-order valence-electron chi connectivity index (χ0n) is 14.7. The van der Waals surface area contributed by atoms with Gasteiger partial charge < -0.3 is 19.5 Å². The van der Waals surface area contributed by atoms with Crippen LogP contribution in [0.5, 0.6) is 17.2 Å². The predicted octanol–water partition coefficient (Wildman–Crippen LogP) is 1.48. The van der Waals surface area contributed by atoms with Gasteiger partial charge in [-0.15, -0.1) is 0 Å². The molecule has 1 aliphatic heterocycles. The fourth-order valence-corrected chi connectivity index (χ4v) is 3.11. The number of phenols is 1. The third-order valence-corrected chi connectivity index (χ3v) is 4.86. The van der Waals surface area contributed by atoms with Crippen molar-refractivity contribution in [3.63, 3.8) is 0 Å². The molecule has 2 N–H and O–H groups in total. The van der Waals surface area contributed by atoms with E-state index >= 15 is 0 Å². The number of nitrogens with zero attached hydrogens (tertiary/aromatic N) is 3. The lowest BCUT2D eigenvalue weighted by Gasteiger charge is -2.23. The fraction of sp³-hybridized carbons (Fsp3) is 0.263. The zero-order valence-corrected chi connectivity index (χ0v) is 14.7. The Labute approximate surface area is 151 Å². The summed E-state index contributed by atoms with van der Waals surface area (Å²) in [4.78, 5) is 5.23. The molecule has 134 valence electrons. The van der Waals surface area contributed by atoms with Crippen molar-refractivity contribution in [2.45, 2.75) is 19.5 Å². The van der Waals surface area contributed by atoms with E-state index in [0.29, 0.717) is 18.0 Å². The minimum absolute atomic E-state index is 0.204. The first kappa shape index (κ1) is 16.4. The molecule has 0 spiro atoms. The van der Waals surface area contributed by atoms with Gasteiger partial charge in [0.15, 0.2) is 11.5 Å². The minimum atomic E-state index is 0.204. The summed E-state index contributed by atoms with van der Waals surface area (Å²) in [5.41, 5.74) is 3.04. The van der Waals surface area contributed by atoms with E-state index in [1.54, 1.807) is 17.1 Å². The van der Waals surface area contributed by atoms with E-state index in [0.717, 1.165) is 11.3 Å². The van der Waals surface area contributed by atoms with Crippen LogP contribution in [0.1, 0.15) is 24.1 Å². The molecular formula is C19H21N4O3+.